The lowest BCUT2D eigenvalue weighted by atomic mass is 10.4. The lowest BCUT2D eigenvalue weighted by Gasteiger charge is -2.09. The maximum Gasteiger partial charge on any atom is 0.230 e. The van der Waals surface area contributed by atoms with Crippen molar-refractivity contribution in [3.63, 3.8) is 0 Å². The molecule has 0 aliphatic carbocycles. The fourth-order valence-corrected chi connectivity index (χ4v) is 2.68. The summed E-state index contributed by atoms with van der Waals surface area (Å²) in [5.74, 6) is 1.30. The zero-order valence-corrected chi connectivity index (χ0v) is 10.2. The van der Waals surface area contributed by atoms with E-state index in [1.54, 1.807) is 30.0 Å². The molecule has 0 aromatic carbocycles. The number of hydrogen-bond acceptors (Lipinski definition) is 4. The normalized spacial score (nSPS) is 12.4. The third-order valence-corrected chi connectivity index (χ3v) is 3.78. The fraction of sp³-hybridized carbons (Fsp3) is 0.500. The number of thiophene rings is 1. The van der Waals surface area contributed by atoms with Gasteiger partial charge in [-0.15, -0.1) is 23.1 Å². The highest BCUT2D eigenvalue weighted by Gasteiger charge is 2.05. The van der Waals surface area contributed by atoms with Crippen molar-refractivity contribution in [3.05, 3.63) is 22.4 Å². The van der Waals surface area contributed by atoms with Crippen LogP contribution in [-0.4, -0.2) is 29.4 Å². The van der Waals surface area contributed by atoms with Crippen molar-refractivity contribution >= 4 is 29.0 Å². The van der Waals surface area contributed by atoms with E-state index in [4.69, 9.17) is 5.11 Å². The van der Waals surface area contributed by atoms with Gasteiger partial charge < -0.3 is 10.4 Å². The molecule has 3 nitrogen and oxygen atoms in total. The number of thioether (sulfide) groups is 1. The number of nitrogens with one attached hydrogen (secondary N) is 1. The maximum atomic E-state index is 11.3. The summed E-state index contributed by atoms with van der Waals surface area (Å²) in [5.41, 5.74) is 0. The number of amides is 1. The Kier molecular flexibility index (Phi) is 5.75. The van der Waals surface area contributed by atoms with Crippen LogP contribution in [0.2, 0.25) is 0 Å². The van der Waals surface area contributed by atoms with Crippen molar-refractivity contribution in [2.45, 2.75) is 18.7 Å². The third kappa shape index (κ3) is 5.20. The summed E-state index contributed by atoms with van der Waals surface area (Å²) >= 11 is 3.29. The largest absolute Gasteiger partial charge is 0.394 e. The molecule has 0 saturated heterocycles. The maximum absolute atomic E-state index is 11.3. The Morgan fingerprint density at radius 2 is 2.53 bits per heavy atom. The fourth-order valence-electron chi connectivity index (χ4n) is 1.00. The Labute approximate surface area is 97.9 Å². The van der Waals surface area contributed by atoms with E-state index in [1.165, 1.54) is 4.88 Å². The van der Waals surface area contributed by atoms with Gasteiger partial charge in [-0.05, 0) is 18.4 Å². The Hall–Kier alpha value is -0.520. The van der Waals surface area contributed by atoms with Gasteiger partial charge in [-0.1, -0.05) is 6.07 Å². The Balaban J connectivity index is 2.12. The molecule has 0 spiro atoms. The van der Waals surface area contributed by atoms with Crippen LogP contribution in [0.4, 0.5) is 0 Å². The molecule has 84 valence electrons. The smallest absolute Gasteiger partial charge is 0.230 e. The molecule has 0 bridgehead atoms. The molecular weight excluding hydrogens is 230 g/mol. The van der Waals surface area contributed by atoms with Gasteiger partial charge in [0.25, 0.3) is 0 Å². The predicted molar refractivity (Wildman–Crippen MR) is 65.2 cm³/mol. The van der Waals surface area contributed by atoms with Crippen LogP contribution in [0.5, 0.6) is 0 Å². The van der Waals surface area contributed by atoms with E-state index in [-0.39, 0.29) is 18.6 Å². The minimum absolute atomic E-state index is 0.0126. The molecule has 1 amide bonds. The van der Waals surface area contributed by atoms with E-state index in [0.29, 0.717) is 5.75 Å². The summed E-state index contributed by atoms with van der Waals surface area (Å²) in [6.45, 7) is 1.77. The van der Waals surface area contributed by atoms with Gasteiger partial charge in [0.05, 0.1) is 12.4 Å². The molecule has 0 unspecified atom stereocenters. The first-order valence-electron chi connectivity index (χ1n) is 4.72. The summed E-state index contributed by atoms with van der Waals surface area (Å²) in [6, 6.07) is 3.92. The molecule has 1 aromatic rings. The second kappa shape index (κ2) is 6.87. The van der Waals surface area contributed by atoms with Crippen LogP contribution in [0.3, 0.4) is 0 Å². The minimum Gasteiger partial charge on any atom is -0.394 e. The van der Waals surface area contributed by atoms with Crippen molar-refractivity contribution in [3.8, 4) is 0 Å². The SMILES string of the molecule is C[C@@H](CO)NC(=O)CSCc1cccs1. The first-order chi connectivity index (χ1) is 7.22. The highest BCUT2D eigenvalue weighted by molar-refractivity contribution is 7.99. The molecule has 1 aromatic heterocycles. The van der Waals surface area contributed by atoms with Crippen LogP contribution in [0.1, 0.15) is 11.8 Å². The van der Waals surface area contributed by atoms with Crippen LogP contribution in [0, 0.1) is 0 Å². The molecule has 0 aliphatic heterocycles. The Morgan fingerprint density at radius 3 is 3.13 bits per heavy atom. The molecule has 0 radical (unpaired) electrons. The van der Waals surface area contributed by atoms with Crippen molar-refractivity contribution in [1.82, 2.24) is 5.32 Å². The van der Waals surface area contributed by atoms with Crippen molar-refractivity contribution in [2.75, 3.05) is 12.4 Å². The van der Waals surface area contributed by atoms with E-state index in [1.807, 2.05) is 11.4 Å². The highest BCUT2D eigenvalue weighted by Crippen LogP contribution is 2.16. The van der Waals surface area contributed by atoms with Crippen LogP contribution in [0.15, 0.2) is 17.5 Å². The number of aliphatic hydroxyl groups is 1. The van der Waals surface area contributed by atoms with E-state index < -0.39 is 0 Å². The zero-order chi connectivity index (χ0) is 11.1. The third-order valence-electron chi connectivity index (χ3n) is 1.74. The van der Waals surface area contributed by atoms with Gasteiger partial charge in [0.2, 0.25) is 5.91 Å². The Morgan fingerprint density at radius 1 is 1.73 bits per heavy atom. The average molecular weight is 245 g/mol. The predicted octanol–water partition coefficient (Wildman–Crippen LogP) is 1.48. The first kappa shape index (κ1) is 12.5. The van der Waals surface area contributed by atoms with Gasteiger partial charge in [0, 0.05) is 16.7 Å². The first-order valence-corrected chi connectivity index (χ1v) is 6.76. The second-order valence-corrected chi connectivity index (χ2v) is 5.24. The van der Waals surface area contributed by atoms with Crippen LogP contribution in [0.25, 0.3) is 0 Å². The quantitative estimate of drug-likeness (QED) is 0.798. The summed E-state index contributed by atoms with van der Waals surface area (Å²) in [7, 11) is 0. The van der Waals surface area contributed by atoms with E-state index >= 15 is 0 Å². The van der Waals surface area contributed by atoms with Gasteiger partial charge in [-0.3, -0.25) is 4.79 Å². The summed E-state index contributed by atoms with van der Waals surface area (Å²) in [5, 5.41) is 13.5. The Bertz CT molecular complexity index is 288. The zero-order valence-electron chi connectivity index (χ0n) is 8.60. The molecule has 5 heteroatoms. The lowest BCUT2D eigenvalue weighted by Crippen LogP contribution is -2.36. The number of carbonyl (C=O) groups excluding carboxylic acids is 1. The van der Waals surface area contributed by atoms with Crippen molar-refractivity contribution in [2.24, 2.45) is 0 Å². The van der Waals surface area contributed by atoms with E-state index in [2.05, 4.69) is 11.4 Å². The molecule has 2 N–H and O–H groups in total. The van der Waals surface area contributed by atoms with Crippen LogP contribution >= 0.6 is 23.1 Å². The molecule has 1 atom stereocenters. The lowest BCUT2D eigenvalue weighted by molar-refractivity contribution is -0.119. The minimum atomic E-state index is -0.153. The average Bonchev–Trinajstić information content (AvgIpc) is 2.70. The van der Waals surface area contributed by atoms with E-state index in [9.17, 15) is 4.79 Å². The van der Waals surface area contributed by atoms with Gasteiger partial charge in [0.15, 0.2) is 0 Å². The summed E-state index contributed by atoms with van der Waals surface area (Å²) in [6.07, 6.45) is 0. The molecule has 0 fully saturated rings. The van der Waals surface area contributed by atoms with Gasteiger partial charge >= 0.3 is 0 Å². The van der Waals surface area contributed by atoms with E-state index in [0.717, 1.165) is 5.75 Å². The highest BCUT2D eigenvalue weighted by atomic mass is 32.2. The van der Waals surface area contributed by atoms with Crippen LogP contribution in [-0.2, 0) is 10.5 Å². The topological polar surface area (TPSA) is 49.3 Å². The van der Waals surface area contributed by atoms with Crippen molar-refractivity contribution < 1.29 is 9.90 Å². The molecular formula is C10H15NO2S2. The molecule has 1 rings (SSSR count). The molecule has 15 heavy (non-hydrogen) atoms. The van der Waals surface area contributed by atoms with Crippen molar-refractivity contribution in [1.29, 1.82) is 0 Å². The number of carbonyl (C=O) groups is 1. The number of aliphatic hydroxyl groups excluding tert-OH is 1. The number of hydrogen-bond donors (Lipinski definition) is 2. The summed E-state index contributed by atoms with van der Waals surface area (Å²) in [4.78, 5) is 12.6. The standard InChI is InChI=1S/C10H15NO2S2/c1-8(5-12)11-10(13)7-14-6-9-3-2-4-15-9/h2-4,8,12H,5-7H2,1H3,(H,11,13)/t8-/m0/s1. The van der Waals surface area contributed by atoms with Crippen LogP contribution < -0.4 is 5.32 Å². The van der Waals surface area contributed by atoms with Gasteiger partial charge in [-0.2, -0.15) is 0 Å². The van der Waals surface area contributed by atoms with Gasteiger partial charge in [0.1, 0.15) is 0 Å². The molecule has 0 saturated carbocycles. The monoisotopic (exact) mass is 245 g/mol. The molecule has 0 aliphatic rings. The van der Waals surface area contributed by atoms with Gasteiger partial charge in [-0.25, -0.2) is 0 Å². The summed E-state index contributed by atoms with van der Waals surface area (Å²) < 4.78 is 0. The molecule has 1 heterocycles. The number of rotatable bonds is 6. The second-order valence-electron chi connectivity index (χ2n) is 3.22.